The fourth-order valence-corrected chi connectivity index (χ4v) is 2.33. The molecule has 1 N–H and O–H groups in total. The van der Waals surface area contributed by atoms with Gasteiger partial charge in [0.15, 0.2) is 0 Å². The minimum Gasteiger partial charge on any atom is -0.490 e. The quantitative estimate of drug-likeness (QED) is 0.844. The maximum atomic E-state index is 5.93. The van der Waals surface area contributed by atoms with Gasteiger partial charge in [-0.15, -0.1) is 0 Å². The second-order valence-electron chi connectivity index (χ2n) is 4.84. The molecule has 19 heavy (non-hydrogen) atoms. The highest BCUT2D eigenvalue weighted by Gasteiger charge is 2.20. The first kappa shape index (κ1) is 14.3. The number of morpholine rings is 1. The van der Waals surface area contributed by atoms with Gasteiger partial charge in [0.2, 0.25) is 0 Å². The van der Waals surface area contributed by atoms with Gasteiger partial charge >= 0.3 is 0 Å². The Morgan fingerprint density at radius 2 is 2.26 bits per heavy atom. The van der Waals surface area contributed by atoms with Gasteiger partial charge in [-0.05, 0) is 19.7 Å². The summed E-state index contributed by atoms with van der Waals surface area (Å²) in [5.74, 6) is 0.953. The Balaban J connectivity index is 1.87. The Bertz CT molecular complexity index is 384. The van der Waals surface area contributed by atoms with E-state index in [-0.39, 0.29) is 6.10 Å². The molecule has 0 saturated carbocycles. The predicted molar refractivity (Wildman–Crippen MR) is 76.6 cm³/mol. The summed E-state index contributed by atoms with van der Waals surface area (Å²) in [5.41, 5.74) is 1.19. The van der Waals surface area contributed by atoms with Crippen LogP contribution in [0.15, 0.2) is 24.3 Å². The highest BCUT2D eigenvalue weighted by Crippen LogP contribution is 2.18. The first-order valence-electron chi connectivity index (χ1n) is 7.02. The molecule has 1 aromatic carbocycles. The van der Waals surface area contributed by atoms with Gasteiger partial charge in [-0.2, -0.15) is 0 Å². The van der Waals surface area contributed by atoms with Crippen LogP contribution in [-0.2, 0) is 11.3 Å². The van der Waals surface area contributed by atoms with Crippen LogP contribution in [0, 0.1) is 0 Å². The summed E-state index contributed by atoms with van der Waals surface area (Å²) < 4.78 is 11.7. The Hall–Kier alpha value is -1.10. The SMILES string of the molecule is CCN1CCOC(COc2ccccc2CNC)C1. The van der Waals surface area contributed by atoms with Crippen LogP contribution in [0.5, 0.6) is 5.75 Å². The van der Waals surface area contributed by atoms with Crippen LogP contribution in [-0.4, -0.2) is 50.9 Å². The lowest BCUT2D eigenvalue weighted by molar-refractivity contribution is -0.0465. The van der Waals surface area contributed by atoms with E-state index in [1.807, 2.05) is 25.2 Å². The maximum Gasteiger partial charge on any atom is 0.123 e. The number of hydrogen-bond acceptors (Lipinski definition) is 4. The normalized spacial score (nSPS) is 20.4. The van der Waals surface area contributed by atoms with Gasteiger partial charge < -0.3 is 14.8 Å². The minimum absolute atomic E-state index is 0.177. The molecular formula is C15H24N2O2. The van der Waals surface area contributed by atoms with Crippen LogP contribution >= 0.6 is 0 Å². The molecule has 2 rings (SSSR count). The maximum absolute atomic E-state index is 5.93. The summed E-state index contributed by atoms with van der Waals surface area (Å²) in [4.78, 5) is 2.40. The predicted octanol–water partition coefficient (Wildman–Crippen LogP) is 1.51. The monoisotopic (exact) mass is 264 g/mol. The molecule has 0 bridgehead atoms. The Labute approximate surface area is 115 Å². The number of likely N-dealkylation sites (N-methyl/N-ethyl adjacent to an activating group) is 1. The van der Waals surface area contributed by atoms with Gasteiger partial charge in [0.25, 0.3) is 0 Å². The lowest BCUT2D eigenvalue weighted by atomic mass is 10.2. The molecule has 1 saturated heterocycles. The molecule has 1 atom stereocenters. The summed E-state index contributed by atoms with van der Waals surface area (Å²) in [7, 11) is 1.94. The van der Waals surface area contributed by atoms with Gasteiger partial charge in [0.05, 0.1) is 6.61 Å². The van der Waals surface area contributed by atoms with Crippen LogP contribution < -0.4 is 10.1 Å². The Morgan fingerprint density at radius 3 is 3.05 bits per heavy atom. The lowest BCUT2D eigenvalue weighted by Gasteiger charge is -2.32. The molecule has 1 unspecified atom stereocenters. The van der Waals surface area contributed by atoms with Crippen LogP contribution in [0.2, 0.25) is 0 Å². The van der Waals surface area contributed by atoms with E-state index in [4.69, 9.17) is 9.47 Å². The van der Waals surface area contributed by atoms with Crippen LogP contribution in [0.25, 0.3) is 0 Å². The molecule has 1 aromatic rings. The van der Waals surface area contributed by atoms with E-state index in [1.165, 1.54) is 5.56 Å². The fraction of sp³-hybridized carbons (Fsp3) is 0.600. The second-order valence-corrected chi connectivity index (χ2v) is 4.84. The van der Waals surface area contributed by atoms with Crippen LogP contribution in [0.1, 0.15) is 12.5 Å². The molecule has 1 fully saturated rings. The van der Waals surface area contributed by atoms with Crippen molar-refractivity contribution in [2.75, 3.05) is 39.9 Å². The van der Waals surface area contributed by atoms with Gasteiger partial charge in [-0.1, -0.05) is 25.1 Å². The first-order chi connectivity index (χ1) is 9.33. The number of rotatable bonds is 6. The van der Waals surface area contributed by atoms with Crippen molar-refractivity contribution < 1.29 is 9.47 Å². The number of nitrogens with one attached hydrogen (secondary N) is 1. The van der Waals surface area contributed by atoms with Crippen molar-refractivity contribution in [3.05, 3.63) is 29.8 Å². The first-order valence-corrected chi connectivity index (χ1v) is 7.02. The van der Waals surface area contributed by atoms with Crippen molar-refractivity contribution in [2.45, 2.75) is 19.6 Å². The number of benzene rings is 1. The van der Waals surface area contributed by atoms with Crippen molar-refractivity contribution in [1.82, 2.24) is 10.2 Å². The average molecular weight is 264 g/mol. The van der Waals surface area contributed by atoms with E-state index in [0.29, 0.717) is 6.61 Å². The molecular weight excluding hydrogens is 240 g/mol. The van der Waals surface area contributed by atoms with Crippen LogP contribution in [0.3, 0.4) is 0 Å². The number of ether oxygens (including phenoxy) is 2. The molecule has 4 heteroatoms. The Kier molecular flexibility index (Phi) is 5.63. The van der Waals surface area contributed by atoms with Gasteiger partial charge in [0, 0.05) is 25.2 Å². The van der Waals surface area contributed by atoms with Crippen LogP contribution in [0.4, 0.5) is 0 Å². The molecule has 0 radical (unpaired) electrons. The summed E-state index contributed by atoms with van der Waals surface area (Å²) in [6, 6.07) is 8.16. The third kappa shape index (κ3) is 4.20. The molecule has 0 amide bonds. The number of hydrogen-bond donors (Lipinski definition) is 1. The smallest absolute Gasteiger partial charge is 0.123 e. The van der Waals surface area contributed by atoms with Gasteiger partial charge in [-0.25, -0.2) is 0 Å². The van der Waals surface area contributed by atoms with E-state index < -0.39 is 0 Å². The third-order valence-corrected chi connectivity index (χ3v) is 3.43. The van der Waals surface area contributed by atoms with Crippen molar-refractivity contribution in [2.24, 2.45) is 0 Å². The zero-order chi connectivity index (χ0) is 13.5. The van der Waals surface area contributed by atoms with Crippen molar-refractivity contribution >= 4 is 0 Å². The summed E-state index contributed by atoms with van der Waals surface area (Å²) in [6.45, 7) is 7.51. The van der Waals surface area contributed by atoms with E-state index in [1.54, 1.807) is 0 Å². The number of para-hydroxylation sites is 1. The second kappa shape index (κ2) is 7.48. The van der Waals surface area contributed by atoms with E-state index in [2.05, 4.69) is 23.2 Å². The van der Waals surface area contributed by atoms with E-state index in [9.17, 15) is 0 Å². The van der Waals surface area contributed by atoms with E-state index >= 15 is 0 Å². The van der Waals surface area contributed by atoms with Crippen molar-refractivity contribution in [3.8, 4) is 5.75 Å². The summed E-state index contributed by atoms with van der Waals surface area (Å²) in [6.07, 6.45) is 0.177. The van der Waals surface area contributed by atoms with Crippen molar-refractivity contribution in [1.29, 1.82) is 0 Å². The van der Waals surface area contributed by atoms with Crippen molar-refractivity contribution in [3.63, 3.8) is 0 Å². The molecule has 0 aliphatic carbocycles. The highest BCUT2D eigenvalue weighted by molar-refractivity contribution is 5.33. The largest absolute Gasteiger partial charge is 0.490 e. The third-order valence-electron chi connectivity index (χ3n) is 3.43. The highest BCUT2D eigenvalue weighted by atomic mass is 16.5. The molecule has 0 aromatic heterocycles. The zero-order valence-electron chi connectivity index (χ0n) is 11.9. The standard InChI is InChI=1S/C15H24N2O2/c1-3-17-8-9-18-14(11-17)12-19-15-7-5-4-6-13(15)10-16-2/h4-7,14,16H,3,8-12H2,1-2H3. The molecule has 1 heterocycles. The topological polar surface area (TPSA) is 33.7 Å². The molecule has 1 aliphatic rings. The van der Waals surface area contributed by atoms with Gasteiger partial charge in [-0.3, -0.25) is 4.90 Å². The van der Waals surface area contributed by atoms with E-state index in [0.717, 1.165) is 38.5 Å². The molecule has 1 aliphatic heterocycles. The summed E-state index contributed by atoms with van der Waals surface area (Å²) in [5, 5.41) is 3.16. The zero-order valence-corrected chi connectivity index (χ0v) is 11.9. The molecule has 0 spiro atoms. The fourth-order valence-electron chi connectivity index (χ4n) is 2.33. The lowest BCUT2D eigenvalue weighted by Crippen LogP contribution is -2.44. The van der Waals surface area contributed by atoms with Gasteiger partial charge in [0.1, 0.15) is 18.5 Å². The average Bonchev–Trinajstić information content (AvgIpc) is 2.47. The molecule has 106 valence electrons. The number of nitrogens with zero attached hydrogens (tertiary/aromatic N) is 1. The minimum atomic E-state index is 0.177. The molecule has 4 nitrogen and oxygen atoms in total. The summed E-state index contributed by atoms with van der Waals surface area (Å²) >= 11 is 0. The Morgan fingerprint density at radius 1 is 1.42 bits per heavy atom.